The number of ether oxygens (including phenoxy) is 3. The molecule has 0 saturated carbocycles. The number of aromatic nitrogens is 2. The molecule has 48 heavy (non-hydrogen) atoms. The van der Waals surface area contributed by atoms with E-state index in [1.165, 1.54) is 7.11 Å². The molecule has 0 bridgehead atoms. The number of nitrogens with one attached hydrogen (secondary N) is 2. The van der Waals surface area contributed by atoms with Crippen molar-refractivity contribution in [2.75, 3.05) is 19.0 Å². The van der Waals surface area contributed by atoms with Crippen LogP contribution in [0.3, 0.4) is 0 Å². The first-order chi connectivity index (χ1) is 23.0. The quantitative estimate of drug-likeness (QED) is 0.162. The molecule has 2 amide bonds. The standard InChI is InChI=1S/C37H38N4O6S/c1-6-15-41-21-29-30(40-41)12-11-25(32(29)35(43)45-5)26-19-31-28(33-23(13-16-46-31)14-17-48-33)18-27(26)34(42)39-24-9-7-22(8-10-24)20-38-36(44)47-37(2,3)4/h7-12,14,17-19,21H,6,13,15-16,20H2,1-5H3,(H,38,44)(H,39,42). The van der Waals surface area contributed by atoms with Gasteiger partial charge in [0.05, 0.1) is 24.8 Å². The van der Waals surface area contributed by atoms with Crippen LogP contribution in [0, 0.1) is 0 Å². The van der Waals surface area contributed by atoms with Crippen molar-refractivity contribution in [1.29, 1.82) is 0 Å². The van der Waals surface area contributed by atoms with Crippen molar-refractivity contribution < 1.29 is 28.6 Å². The van der Waals surface area contributed by atoms with E-state index in [4.69, 9.17) is 14.2 Å². The van der Waals surface area contributed by atoms with Gasteiger partial charge in [-0.05, 0) is 91.2 Å². The highest BCUT2D eigenvalue weighted by Gasteiger charge is 2.27. The van der Waals surface area contributed by atoms with Gasteiger partial charge >= 0.3 is 12.1 Å². The average Bonchev–Trinajstić information content (AvgIpc) is 3.65. The Balaban J connectivity index is 1.40. The molecule has 0 aliphatic carbocycles. The number of hydrogen-bond donors (Lipinski definition) is 2. The van der Waals surface area contributed by atoms with Crippen LogP contribution in [-0.4, -0.2) is 47.1 Å². The third-order valence-corrected chi connectivity index (χ3v) is 8.89. The predicted molar refractivity (Wildman–Crippen MR) is 187 cm³/mol. The van der Waals surface area contributed by atoms with E-state index in [1.54, 1.807) is 23.5 Å². The molecule has 3 aromatic carbocycles. The van der Waals surface area contributed by atoms with E-state index in [1.807, 2.05) is 73.4 Å². The molecule has 3 heterocycles. The number of rotatable bonds is 8. The van der Waals surface area contributed by atoms with Crippen LogP contribution in [0.1, 0.15) is 66.0 Å². The monoisotopic (exact) mass is 666 g/mol. The van der Waals surface area contributed by atoms with Crippen molar-refractivity contribution in [2.45, 2.75) is 59.2 Å². The van der Waals surface area contributed by atoms with Gasteiger partial charge in [-0.3, -0.25) is 9.48 Å². The normalized spacial score (nSPS) is 12.4. The molecule has 0 fully saturated rings. The molecule has 0 spiro atoms. The van der Waals surface area contributed by atoms with E-state index < -0.39 is 17.7 Å². The van der Waals surface area contributed by atoms with E-state index in [0.717, 1.165) is 34.4 Å². The summed E-state index contributed by atoms with van der Waals surface area (Å²) >= 11 is 1.60. The molecule has 0 unspecified atom stereocenters. The number of nitrogens with zero attached hydrogens (tertiary/aromatic N) is 2. The number of carbonyl (C=O) groups excluding carboxylic acids is 3. The summed E-state index contributed by atoms with van der Waals surface area (Å²) in [6, 6.07) is 16.7. The van der Waals surface area contributed by atoms with E-state index >= 15 is 0 Å². The van der Waals surface area contributed by atoms with Gasteiger partial charge in [-0.15, -0.1) is 11.3 Å². The highest BCUT2D eigenvalue weighted by atomic mass is 32.1. The van der Waals surface area contributed by atoms with Crippen molar-refractivity contribution >= 4 is 45.9 Å². The molecular weight excluding hydrogens is 628 g/mol. The number of thiophene rings is 1. The third kappa shape index (κ3) is 6.91. The summed E-state index contributed by atoms with van der Waals surface area (Å²) in [5.41, 5.74) is 5.25. The summed E-state index contributed by atoms with van der Waals surface area (Å²) in [7, 11) is 1.35. The summed E-state index contributed by atoms with van der Waals surface area (Å²) in [6.07, 6.45) is 2.98. The zero-order valence-electron chi connectivity index (χ0n) is 27.6. The van der Waals surface area contributed by atoms with Crippen LogP contribution >= 0.6 is 11.3 Å². The van der Waals surface area contributed by atoms with Crippen LogP contribution in [0.15, 0.2) is 66.2 Å². The summed E-state index contributed by atoms with van der Waals surface area (Å²) in [4.78, 5) is 40.8. The van der Waals surface area contributed by atoms with Crippen molar-refractivity contribution in [3.8, 4) is 27.3 Å². The van der Waals surface area contributed by atoms with Gasteiger partial charge in [-0.1, -0.05) is 25.1 Å². The Morgan fingerprint density at radius 3 is 2.54 bits per heavy atom. The molecule has 5 aromatic rings. The third-order valence-electron chi connectivity index (χ3n) is 7.90. The fourth-order valence-corrected chi connectivity index (χ4v) is 6.73. The van der Waals surface area contributed by atoms with E-state index in [0.29, 0.717) is 57.7 Å². The Morgan fingerprint density at radius 2 is 1.81 bits per heavy atom. The lowest BCUT2D eigenvalue weighted by Crippen LogP contribution is -2.32. The fourth-order valence-electron chi connectivity index (χ4n) is 5.75. The van der Waals surface area contributed by atoms with Gasteiger partial charge in [0.1, 0.15) is 11.4 Å². The molecule has 6 rings (SSSR count). The number of amides is 2. The van der Waals surface area contributed by atoms with Gasteiger partial charge in [0.15, 0.2) is 0 Å². The highest BCUT2D eigenvalue weighted by Crippen LogP contribution is 2.44. The summed E-state index contributed by atoms with van der Waals surface area (Å²) < 4.78 is 18.6. The van der Waals surface area contributed by atoms with Crippen molar-refractivity contribution in [1.82, 2.24) is 15.1 Å². The molecule has 0 saturated heterocycles. The minimum Gasteiger partial charge on any atom is -0.493 e. The maximum absolute atomic E-state index is 14.2. The zero-order chi connectivity index (χ0) is 34.0. The van der Waals surface area contributed by atoms with Crippen LogP contribution in [-0.2, 0) is 29.0 Å². The Hall–Kier alpha value is -5.16. The summed E-state index contributed by atoms with van der Waals surface area (Å²) in [5, 5.41) is 13.1. The Bertz CT molecular complexity index is 2000. The first-order valence-electron chi connectivity index (χ1n) is 15.9. The molecule has 10 nitrogen and oxygen atoms in total. The Morgan fingerprint density at radius 1 is 1.02 bits per heavy atom. The fraction of sp³-hybridized carbons (Fsp3) is 0.297. The zero-order valence-corrected chi connectivity index (χ0v) is 28.5. The highest BCUT2D eigenvalue weighted by molar-refractivity contribution is 7.13. The molecule has 1 aliphatic rings. The van der Waals surface area contributed by atoms with Gasteiger partial charge < -0.3 is 24.8 Å². The molecule has 2 N–H and O–H groups in total. The minimum atomic E-state index is -0.593. The van der Waals surface area contributed by atoms with E-state index in [2.05, 4.69) is 28.7 Å². The molecule has 2 aromatic heterocycles. The molecular formula is C37H38N4O6S. The van der Waals surface area contributed by atoms with Gasteiger partial charge in [0, 0.05) is 52.8 Å². The topological polar surface area (TPSA) is 121 Å². The molecule has 0 radical (unpaired) electrons. The van der Waals surface area contributed by atoms with E-state index in [9.17, 15) is 14.4 Å². The maximum Gasteiger partial charge on any atom is 0.407 e. The number of esters is 1. The Labute approximate surface area is 283 Å². The van der Waals surface area contributed by atoms with Gasteiger partial charge in [0.2, 0.25) is 0 Å². The first kappa shape index (κ1) is 32.8. The number of alkyl carbamates (subject to hydrolysis) is 1. The van der Waals surface area contributed by atoms with Crippen LogP contribution in [0.5, 0.6) is 5.75 Å². The number of fused-ring (bicyclic) bond motifs is 4. The predicted octanol–water partition coefficient (Wildman–Crippen LogP) is 7.84. The van der Waals surface area contributed by atoms with Crippen molar-refractivity contribution in [3.63, 3.8) is 0 Å². The number of benzene rings is 3. The number of carbonyl (C=O) groups is 3. The number of hydrogen-bond acceptors (Lipinski definition) is 8. The maximum atomic E-state index is 14.2. The second kappa shape index (κ2) is 13.5. The van der Waals surface area contributed by atoms with Gasteiger partial charge in [-0.2, -0.15) is 5.10 Å². The van der Waals surface area contributed by atoms with Crippen LogP contribution in [0.2, 0.25) is 0 Å². The number of methoxy groups -OCH3 is 1. The SMILES string of the molecule is CCCn1cc2c(C(=O)OC)c(-c3cc4c(cc3C(=O)Nc3ccc(CNC(=O)OC(C)(C)C)cc3)-c3sccc3CCO4)ccc2n1. The van der Waals surface area contributed by atoms with Crippen LogP contribution in [0.25, 0.3) is 32.5 Å². The average molecular weight is 667 g/mol. The number of anilines is 1. The summed E-state index contributed by atoms with van der Waals surface area (Å²) in [5.74, 6) is -0.237. The minimum absolute atomic E-state index is 0.273. The molecule has 1 aliphatic heterocycles. The molecule has 248 valence electrons. The lowest BCUT2D eigenvalue weighted by molar-refractivity contribution is 0.0522. The second-order valence-electron chi connectivity index (χ2n) is 12.6. The Kier molecular flexibility index (Phi) is 9.23. The van der Waals surface area contributed by atoms with Crippen LogP contribution in [0.4, 0.5) is 10.5 Å². The summed E-state index contributed by atoms with van der Waals surface area (Å²) in [6.45, 7) is 8.95. The van der Waals surface area contributed by atoms with Crippen molar-refractivity contribution in [2.24, 2.45) is 0 Å². The van der Waals surface area contributed by atoms with E-state index in [-0.39, 0.29) is 12.5 Å². The smallest absolute Gasteiger partial charge is 0.407 e. The molecule has 11 heteroatoms. The molecule has 0 atom stereocenters. The lowest BCUT2D eigenvalue weighted by atomic mass is 9.90. The van der Waals surface area contributed by atoms with Crippen LogP contribution < -0.4 is 15.4 Å². The first-order valence-corrected chi connectivity index (χ1v) is 16.8. The second-order valence-corrected chi connectivity index (χ2v) is 13.5. The number of aryl methyl sites for hydroxylation is 1. The van der Waals surface area contributed by atoms with Crippen molar-refractivity contribution in [3.05, 3.63) is 88.4 Å². The largest absolute Gasteiger partial charge is 0.493 e. The van der Waals surface area contributed by atoms with Gasteiger partial charge in [0.25, 0.3) is 5.91 Å². The lowest BCUT2D eigenvalue weighted by Gasteiger charge is -2.19. The van der Waals surface area contributed by atoms with Gasteiger partial charge in [-0.25, -0.2) is 9.59 Å².